The highest BCUT2D eigenvalue weighted by Gasteiger charge is 2.36. The Morgan fingerprint density at radius 1 is 1.20 bits per heavy atom. The summed E-state index contributed by atoms with van der Waals surface area (Å²) >= 11 is 0. The molecule has 0 unspecified atom stereocenters. The van der Waals surface area contributed by atoms with Crippen LogP contribution in [0.1, 0.15) is 33.1 Å². The molecule has 0 radical (unpaired) electrons. The van der Waals surface area contributed by atoms with Crippen molar-refractivity contribution in [3.05, 3.63) is 30.3 Å². The molecule has 1 aromatic carbocycles. The summed E-state index contributed by atoms with van der Waals surface area (Å²) in [6.07, 6.45) is 0.832. The van der Waals surface area contributed by atoms with Crippen molar-refractivity contribution in [3.63, 3.8) is 0 Å². The Morgan fingerprint density at radius 2 is 1.80 bits per heavy atom. The largest absolute Gasteiger partial charge is 0.493 e. The lowest BCUT2D eigenvalue weighted by molar-refractivity contribution is -0.148. The van der Waals surface area contributed by atoms with Crippen molar-refractivity contribution in [3.8, 4) is 5.75 Å². The molecule has 1 aromatic rings. The minimum Gasteiger partial charge on any atom is -0.493 e. The van der Waals surface area contributed by atoms with E-state index in [4.69, 9.17) is 4.74 Å². The smallest absolute Gasteiger partial charge is 0.329 e. The highest BCUT2D eigenvalue weighted by atomic mass is 16.5. The highest BCUT2D eigenvalue weighted by Crippen LogP contribution is 2.15. The summed E-state index contributed by atoms with van der Waals surface area (Å²) in [4.78, 5) is 23.1. The van der Waals surface area contributed by atoms with Crippen molar-refractivity contribution in [2.75, 3.05) is 6.61 Å². The van der Waals surface area contributed by atoms with Gasteiger partial charge in [-0.25, -0.2) is 4.79 Å². The Labute approximate surface area is 118 Å². The number of hydrogen-bond acceptors (Lipinski definition) is 3. The molecule has 110 valence electrons. The fraction of sp³-hybridized carbons (Fsp3) is 0.467. The molecule has 0 aliphatic heterocycles. The van der Waals surface area contributed by atoms with Gasteiger partial charge in [0, 0.05) is 0 Å². The minimum absolute atomic E-state index is 0.129. The van der Waals surface area contributed by atoms with Crippen LogP contribution in [0.25, 0.3) is 0 Å². The highest BCUT2D eigenvalue weighted by molar-refractivity contribution is 5.86. The van der Waals surface area contributed by atoms with E-state index in [9.17, 15) is 14.7 Å². The second kappa shape index (κ2) is 7.53. The summed E-state index contributed by atoms with van der Waals surface area (Å²) in [6.45, 7) is 3.72. The fourth-order valence-corrected chi connectivity index (χ4v) is 1.89. The first-order valence-corrected chi connectivity index (χ1v) is 6.76. The molecule has 0 atom stereocenters. The summed E-state index contributed by atoms with van der Waals surface area (Å²) in [5, 5.41) is 11.8. The van der Waals surface area contributed by atoms with E-state index in [1.54, 1.807) is 26.0 Å². The summed E-state index contributed by atoms with van der Waals surface area (Å²) < 4.78 is 5.41. The normalized spacial score (nSPS) is 10.9. The molecule has 20 heavy (non-hydrogen) atoms. The number of aliphatic carboxylic acids is 1. The monoisotopic (exact) mass is 279 g/mol. The number of amides is 1. The summed E-state index contributed by atoms with van der Waals surface area (Å²) in [7, 11) is 0. The van der Waals surface area contributed by atoms with Gasteiger partial charge in [-0.3, -0.25) is 4.79 Å². The first-order chi connectivity index (χ1) is 9.54. The Kier molecular flexibility index (Phi) is 6.03. The van der Waals surface area contributed by atoms with Crippen LogP contribution in [0.3, 0.4) is 0 Å². The third-order valence-electron chi connectivity index (χ3n) is 3.34. The lowest BCUT2D eigenvalue weighted by Gasteiger charge is -2.28. The number of hydrogen-bond donors (Lipinski definition) is 2. The van der Waals surface area contributed by atoms with Crippen molar-refractivity contribution in [2.24, 2.45) is 0 Å². The van der Waals surface area contributed by atoms with Crippen LogP contribution in [-0.2, 0) is 9.59 Å². The van der Waals surface area contributed by atoms with Crippen molar-refractivity contribution < 1.29 is 19.4 Å². The molecule has 5 heteroatoms. The fourth-order valence-electron chi connectivity index (χ4n) is 1.89. The van der Waals surface area contributed by atoms with Gasteiger partial charge in [0.05, 0.1) is 13.0 Å². The quantitative estimate of drug-likeness (QED) is 0.765. The molecule has 0 saturated heterocycles. The van der Waals surface area contributed by atoms with Gasteiger partial charge in [-0.2, -0.15) is 0 Å². The number of nitrogens with one attached hydrogen (secondary N) is 1. The first-order valence-electron chi connectivity index (χ1n) is 6.76. The van der Waals surface area contributed by atoms with Crippen LogP contribution in [0.15, 0.2) is 30.3 Å². The third-order valence-corrected chi connectivity index (χ3v) is 3.34. The van der Waals surface area contributed by atoms with Crippen LogP contribution in [0.4, 0.5) is 0 Å². The van der Waals surface area contributed by atoms with Gasteiger partial charge in [0.2, 0.25) is 5.91 Å². The number of carbonyl (C=O) groups is 2. The molecule has 5 nitrogen and oxygen atoms in total. The second-order valence-electron chi connectivity index (χ2n) is 4.55. The number of benzene rings is 1. The molecule has 2 N–H and O–H groups in total. The second-order valence-corrected chi connectivity index (χ2v) is 4.55. The molecule has 1 rings (SSSR count). The predicted octanol–water partition coefficient (Wildman–Crippen LogP) is 2.22. The van der Waals surface area contributed by atoms with E-state index in [1.807, 2.05) is 18.2 Å². The topological polar surface area (TPSA) is 75.6 Å². The van der Waals surface area contributed by atoms with Crippen LogP contribution >= 0.6 is 0 Å². The Morgan fingerprint density at radius 3 is 2.30 bits per heavy atom. The number of carboxylic acids is 1. The van der Waals surface area contributed by atoms with Crippen molar-refractivity contribution in [1.29, 1.82) is 0 Å². The molecule has 1 amide bonds. The maximum Gasteiger partial charge on any atom is 0.329 e. The van der Waals surface area contributed by atoms with Crippen LogP contribution in [0.2, 0.25) is 0 Å². The zero-order chi connectivity index (χ0) is 15.0. The Hall–Kier alpha value is -2.04. The van der Waals surface area contributed by atoms with Gasteiger partial charge in [-0.15, -0.1) is 0 Å². The number of carbonyl (C=O) groups excluding carboxylic acids is 1. The van der Waals surface area contributed by atoms with Gasteiger partial charge in [0.25, 0.3) is 0 Å². The van der Waals surface area contributed by atoms with Gasteiger partial charge < -0.3 is 15.2 Å². The van der Waals surface area contributed by atoms with E-state index in [0.717, 1.165) is 0 Å². The maximum absolute atomic E-state index is 11.8. The first kappa shape index (κ1) is 16.0. The number of carboxylic acid groups (broad SMARTS) is 1. The van der Waals surface area contributed by atoms with Crippen molar-refractivity contribution >= 4 is 11.9 Å². The van der Waals surface area contributed by atoms with E-state index >= 15 is 0 Å². The zero-order valence-electron chi connectivity index (χ0n) is 11.9. The van der Waals surface area contributed by atoms with Crippen LogP contribution in [0.5, 0.6) is 5.75 Å². The Bertz CT molecular complexity index is 440. The lowest BCUT2D eigenvalue weighted by atomic mass is 9.93. The van der Waals surface area contributed by atoms with E-state index in [-0.39, 0.29) is 18.9 Å². The molecule has 0 aliphatic carbocycles. The molecule has 0 spiro atoms. The van der Waals surface area contributed by atoms with Gasteiger partial charge in [0.15, 0.2) is 0 Å². The van der Waals surface area contributed by atoms with Crippen molar-refractivity contribution in [2.45, 2.75) is 38.6 Å². The molecule has 0 saturated carbocycles. The number of para-hydroxylation sites is 1. The standard InChI is InChI=1S/C15H21NO4/c1-3-15(4-2,14(18)19)16-13(17)10-11-20-12-8-6-5-7-9-12/h5-9H,3-4,10-11H2,1-2H3,(H,16,17)(H,18,19). The molecular formula is C15H21NO4. The number of ether oxygens (including phenoxy) is 1. The summed E-state index contributed by atoms with van der Waals surface area (Å²) in [5.41, 5.74) is -1.18. The summed E-state index contributed by atoms with van der Waals surface area (Å²) in [5.74, 6) is -0.623. The van der Waals surface area contributed by atoms with E-state index in [0.29, 0.717) is 18.6 Å². The van der Waals surface area contributed by atoms with Gasteiger partial charge in [-0.1, -0.05) is 32.0 Å². The SMILES string of the molecule is CCC(CC)(NC(=O)CCOc1ccccc1)C(=O)O. The predicted molar refractivity (Wildman–Crippen MR) is 75.6 cm³/mol. The van der Waals surface area contributed by atoms with Crippen LogP contribution in [-0.4, -0.2) is 29.1 Å². The molecule has 0 aromatic heterocycles. The van der Waals surface area contributed by atoms with E-state index in [2.05, 4.69) is 5.32 Å². The zero-order valence-corrected chi connectivity index (χ0v) is 11.9. The van der Waals surface area contributed by atoms with Gasteiger partial charge >= 0.3 is 5.97 Å². The summed E-state index contributed by atoms with van der Waals surface area (Å²) in [6, 6.07) is 9.18. The minimum atomic E-state index is -1.18. The van der Waals surface area contributed by atoms with Gasteiger partial charge in [-0.05, 0) is 25.0 Å². The van der Waals surface area contributed by atoms with E-state index < -0.39 is 11.5 Å². The van der Waals surface area contributed by atoms with Crippen LogP contribution in [0, 0.1) is 0 Å². The van der Waals surface area contributed by atoms with Crippen LogP contribution < -0.4 is 10.1 Å². The molecule has 0 aliphatic rings. The maximum atomic E-state index is 11.8. The van der Waals surface area contributed by atoms with E-state index in [1.165, 1.54) is 0 Å². The molecule has 0 heterocycles. The average molecular weight is 279 g/mol. The number of rotatable bonds is 8. The van der Waals surface area contributed by atoms with Gasteiger partial charge in [0.1, 0.15) is 11.3 Å². The molecular weight excluding hydrogens is 258 g/mol. The lowest BCUT2D eigenvalue weighted by Crippen LogP contribution is -2.53. The third kappa shape index (κ3) is 4.26. The van der Waals surface area contributed by atoms with Crippen molar-refractivity contribution in [1.82, 2.24) is 5.32 Å². The molecule has 0 bridgehead atoms. The average Bonchev–Trinajstić information content (AvgIpc) is 2.45. The molecule has 0 fully saturated rings. The Balaban J connectivity index is 2.45.